The van der Waals surface area contributed by atoms with Gasteiger partial charge in [-0.3, -0.25) is 10.1 Å². The quantitative estimate of drug-likeness (QED) is 0.841. The molecule has 0 amide bonds. The number of thiazole rings is 1. The van der Waals surface area contributed by atoms with Gasteiger partial charge in [0.1, 0.15) is 5.60 Å². The molecule has 1 aromatic heterocycles. The van der Waals surface area contributed by atoms with Crippen molar-refractivity contribution >= 4 is 17.3 Å². The van der Waals surface area contributed by atoms with Crippen molar-refractivity contribution in [2.75, 3.05) is 6.54 Å². The van der Waals surface area contributed by atoms with Gasteiger partial charge in [0, 0.05) is 10.9 Å². The zero-order valence-electron chi connectivity index (χ0n) is 11.0. The van der Waals surface area contributed by atoms with Crippen molar-refractivity contribution in [2.45, 2.75) is 46.3 Å². The predicted molar refractivity (Wildman–Crippen MR) is 69.1 cm³/mol. The lowest BCUT2D eigenvalue weighted by molar-refractivity contribution is -0.153. The highest BCUT2D eigenvalue weighted by atomic mass is 32.1. The van der Waals surface area contributed by atoms with Crippen LogP contribution < -0.4 is 5.32 Å². The molecule has 5 heteroatoms. The monoisotopic (exact) mass is 256 g/mol. The molecule has 0 aliphatic rings. The lowest BCUT2D eigenvalue weighted by Crippen LogP contribution is -2.32. The third kappa shape index (κ3) is 4.83. The van der Waals surface area contributed by atoms with Crippen LogP contribution in [0.5, 0.6) is 0 Å². The van der Waals surface area contributed by atoms with Crippen molar-refractivity contribution < 1.29 is 9.53 Å². The number of nitrogens with zero attached hydrogens (tertiary/aromatic N) is 1. The standard InChI is InChI=1S/C12H20N2O2S/c1-8(11-9(2)14-7-17-11)13-6-10(15)16-12(3,4)5/h7-8,13H,6H2,1-5H3. The summed E-state index contributed by atoms with van der Waals surface area (Å²) in [6, 6.07) is 0.120. The zero-order chi connectivity index (χ0) is 13.1. The number of ether oxygens (including phenoxy) is 1. The molecule has 0 aromatic carbocycles. The summed E-state index contributed by atoms with van der Waals surface area (Å²) in [6.45, 7) is 9.79. The Hall–Kier alpha value is -0.940. The van der Waals surface area contributed by atoms with E-state index < -0.39 is 5.60 Å². The van der Waals surface area contributed by atoms with Crippen molar-refractivity contribution in [3.8, 4) is 0 Å². The smallest absolute Gasteiger partial charge is 0.320 e. The van der Waals surface area contributed by atoms with E-state index in [-0.39, 0.29) is 18.6 Å². The van der Waals surface area contributed by atoms with Gasteiger partial charge in [0.05, 0.1) is 17.7 Å². The molecular formula is C12H20N2O2S. The maximum atomic E-state index is 11.5. The normalized spacial score (nSPS) is 13.5. The Morgan fingerprint density at radius 1 is 1.59 bits per heavy atom. The molecule has 0 radical (unpaired) electrons. The summed E-state index contributed by atoms with van der Waals surface area (Å²) in [6.07, 6.45) is 0. The van der Waals surface area contributed by atoms with Gasteiger partial charge in [-0.25, -0.2) is 4.98 Å². The van der Waals surface area contributed by atoms with Gasteiger partial charge < -0.3 is 4.74 Å². The Morgan fingerprint density at radius 2 is 2.24 bits per heavy atom. The first-order valence-electron chi connectivity index (χ1n) is 5.65. The molecule has 0 fully saturated rings. The van der Waals surface area contributed by atoms with E-state index in [0.29, 0.717) is 0 Å². The van der Waals surface area contributed by atoms with Crippen LogP contribution in [0.2, 0.25) is 0 Å². The van der Waals surface area contributed by atoms with Crippen LogP contribution in [0.4, 0.5) is 0 Å². The molecule has 0 saturated heterocycles. The Bertz CT molecular complexity index is 382. The van der Waals surface area contributed by atoms with Gasteiger partial charge in [0.2, 0.25) is 0 Å². The maximum absolute atomic E-state index is 11.5. The Kier molecular flexibility index (Phi) is 4.65. The van der Waals surface area contributed by atoms with Crippen LogP contribution in [-0.4, -0.2) is 23.1 Å². The Balaban J connectivity index is 2.41. The van der Waals surface area contributed by atoms with E-state index in [0.717, 1.165) is 10.6 Å². The number of hydrogen-bond donors (Lipinski definition) is 1. The highest BCUT2D eigenvalue weighted by molar-refractivity contribution is 7.09. The van der Waals surface area contributed by atoms with Crippen molar-refractivity contribution in [3.05, 3.63) is 16.1 Å². The lowest BCUT2D eigenvalue weighted by Gasteiger charge is -2.20. The van der Waals surface area contributed by atoms with Crippen molar-refractivity contribution in [1.82, 2.24) is 10.3 Å². The Labute approximate surface area is 106 Å². The van der Waals surface area contributed by atoms with E-state index >= 15 is 0 Å². The average molecular weight is 256 g/mol. The van der Waals surface area contributed by atoms with Gasteiger partial charge in [-0.1, -0.05) is 0 Å². The number of rotatable bonds is 4. The number of hydrogen-bond acceptors (Lipinski definition) is 5. The van der Waals surface area contributed by atoms with Gasteiger partial charge in [-0.05, 0) is 34.6 Å². The van der Waals surface area contributed by atoms with Crippen LogP contribution in [0, 0.1) is 6.92 Å². The molecule has 96 valence electrons. The van der Waals surface area contributed by atoms with E-state index in [4.69, 9.17) is 4.74 Å². The minimum Gasteiger partial charge on any atom is -0.459 e. The fourth-order valence-corrected chi connectivity index (χ4v) is 2.27. The average Bonchev–Trinajstić information content (AvgIpc) is 2.58. The number of carbonyl (C=O) groups excluding carboxylic acids is 1. The summed E-state index contributed by atoms with van der Waals surface area (Å²) >= 11 is 1.60. The highest BCUT2D eigenvalue weighted by Crippen LogP contribution is 2.20. The molecule has 0 aliphatic heterocycles. The topological polar surface area (TPSA) is 51.2 Å². The summed E-state index contributed by atoms with van der Waals surface area (Å²) in [4.78, 5) is 16.9. The van der Waals surface area contributed by atoms with Crippen molar-refractivity contribution in [3.63, 3.8) is 0 Å². The summed E-state index contributed by atoms with van der Waals surface area (Å²) in [5.41, 5.74) is 2.40. The molecule has 0 aliphatic carbocycles. The fourth-order valence-electron chi connectivity index (χ4n) is 1.43. The van der Waals surface area contributed by atoms with Gasteiger partial charge in [0.15, 0.2) is 0 Å². The van der Waals surface area contributed by atoms with Crippen LogP contribution in [0.3, 0.4) is 0 Å². The van der Waals surface area contributed by atoms with Gasteiger partial charge in [0.25, 0.3) is 0 Å². The summed E-state index contributed by atoms with van der Waals surface area (Å²) < 4.78 is 5.22. The first-order chi connectivity index (χ1) is 7.79. The minimum atomic E-state index is -0.428. The molecular weight excluding hydrogens is 236 g/mol. The lowest BCUT2D eigenvalue weighted by atomic mass is 10.2. The summed E-state index contributed by atoms with van der Waals surface area (Å²) in [5.74, 6) is -0.230. The van der Waals surface area contributed by atoms with Crippen LogP contribution >= 0.6 is 11.3 Å². The second-order valence-electron chi connectivity index (χ2n) is 4.99. The molecule has 1 atom stereocenters. The third-order valence-electron chi connectivity index (χ3n) is 2.15. The molecule has 1 aromatic rings. The minimum absolute atomic E-state index is 0.120. The second-order valence-corrected chi connectivity index (χ2v) is 5.88. The highest BCUT2D eigenvalue weighted by Gasteiger charge is 2.17. The predicted octanol–water partition coefficient (Wildman–Crippen LogP) is 2.44. The summed E-state index contributed by atoms with van der Waals surface area (Å²) in [5, 5.41) is 3.14. The molecule has 1 heterocycles. The molecule has 1 unspecified atom stereocenters. The maximum Gasteiger partial charge on any atom is 0.320 e. The van der Waals surface area contributed by atoms with Crippen LogP contribution in [-0.2, 0) is 9.53 Å². The molecule has 1 rings (SSSR count). The van der Waals surface area contributed by atoms with E-state index in [2.05, 4.69) is 10.3 Å². The molecule has 0 bridgehead atoms. The molecule has 0 saturated carbocycles. The largest absolute Gasteiger partial charge is 0.459 e. The SMILES string of the molecule is Cc1ncsc1C(C)NCC(=O)OC(C)(C)C. The number of aromatic nitrogens is 1. The van der Waals surface area contributed by atoms with E-state index in [1.807, 2.05) is 40.1 Å². The molecule has 17 heavy (non-hydrogen) atoms. The number of aryl methyl sites for hydroxylation is 1. The summed E-state index contributed by atoms with van der Waals surface area (Å²) in [7, 11) is 0. The van der Waals surface area contributed by atoms with Crippen molar-refractivity contribution in [2.24, 2.45) is 0 Å². The van der Waals surface area contributed by atoms with Gasteiger partial charge in [-0.2, -0.15) is 0 Å². The first-order valence-corrected chi connectivity index (χ1v) is 6.53. The van der Waals surface area contributed by atoms with E-state index in [1.54, 1.807) is 11.3 Å². The third-order valence-corrected chi connectivity index (χ3v) is 3.26. The van der Waals surface area contributed by atoms with Gasteiger partial charge in [-0.15, -0.1) is 11.3 Å². The first kappa shape index (κ1) is 14.1. The molecule has 4 nitrogen and oxygen atoms in total. The zero-order valence-corrected chi connectivity index (χ0v) is 11.9. The van der Waals surface area contributed by atoms with Crippen LogP contribution in [0.1, 0.15) is 44.3 Å². The number of esters is 1. The van der Waals surface area contributed by atoms with Crippen LogP contribution in [0.15, 0.2) is 5.51 Å². The van der Waals surface area contributed by atoms with Gasteiger partial charge >= 0.3 is 5.97 Å². The Morgan fingerprint density at radius 3 is 2.71 bits per heavy atom. The van der Waals surface area contributed by atoms with Crippen molar-refractivity contribution in [1.29, 1.82) is 0 Å². The number of nitrogens with one attached hydrogen (secondary N) is 1. The van der Waals surface area contributed by atoms with E-state index in [9.17, 15) is 4.79 Å². The molecule has 1 N–H and O–H groups in total. The number of carbonyl (C=O) groups is 1. The van der Waals surface area contributed by atoms with Crippen LogP contribution in [0.25, 0.3) is 0 Å². The van der Waals surface area contributed by atoms with E-state index in [1.165, 1.54) is 0 Å². The molecule has 0 spiro atoms. The fraction of sp³-hybridized carbons (Fsp3) is 0.667. The second kappa shape index (κ2) is 5.60.